The fourth-order valence-electron chi connectivity index (χ4n) is 2.63. The molecule has 4 aromatic rings. The number of aromatic nitrogens is 3. The maximum atomic E-state index is 13.1. The van der Waals surface area contributed by atoms with Gasteiger partial charge in [-0.3, -0.25) is 9.36 Å². The molecular weight excluding hydrogens is 338 g/mol. The van der Waals surface area contributed by atoms with Crippen LogP contribution in [-0.2, 0) is 0 Å². The molecule has 0 unspecified atom stereocenters. The Hall–Kier alpha value is -2.57. The molecule has 0 saturated heterocycles. The van der Waals surface area contributed by atoms with E-state index in [0.29, 0.717) is 21.6 Å². The lowest BCUT2D eigenvalue weighted by Gasteiger charge is -2.15. The molecule has 3 heterocycles. The third-order valence-corrected chi connectivity index (χ3v) is 5.33. The van der Waals surface area contributed by atoms with Gasteiger partial charge in [-0.05, 0) is 30.0 Å². The van der Waals surface area contributed by atoms with E-state index in [2.05, 4.69) is 11.6 Å². The molecule has 0 atom stereocenters. The molecule has 118 valence electrons. The average Bonchev–Trinajstić information content (AvgIpc) is 3.26. The molecule has 0 aliphatic heterocycles. The average molecular weight is 351 g/mol. The van der Waals surface area contributed by atoms with Crippen LogP contribution in [0, 0.1) is 6.92 Å². The third kappa shape index (κ3) is 2.31. The minimum Gasteiger partial charge on any atom is -0.267 e. The number of nitrogens with zero attached hydrogens (tertiary/aromatic N) is 3. The van der Waals surface area contributed by atoms with E-state index in [1.54, 1.807) is 10.1 Å². The number of rotatable bonds is 3. The Morgan fingerprint density at radius 2 is 2.08 bits per heavy atom. The van der Waals surface area contributed by atoms with Crippen molar-refractivity contribution in [1.82, 2.24) is 14.5 Å². The van der Waals surface area contributed by atoms with Crippen molar-refractivity contribution in [3.05, 3.63) is 80.6 Å². The van der Waals surface area contributed by atoms with Crippen LogP contribution in [0.4, 0.5) is 0 Å². The maximum absolute atomic E-state index is 13.1. The molecule has 0 N–H and O–H groups in total. The van der Waals surface area contributed by atoms with Crippen LogP contribution in [0.2, 0.25) is 0 Å². The van der Waals surface area contributed by atoms with E-state index in [4.69, 9.17) is 4.98 Å². The number of benzene rings is 1. The number of hydrogen-bond donors (Lipinski definition) is 0. The van der Waals surface area contributed by atoms with Crippen molar-refractivity contribution < 1.29 is 0 Å². The Kier molecular flexibility index (Phi) is 3.63. The summed E-state index contributed by atoms with van der Waals surface area (Å²) in [6, 6.07) is 9.64. The fourth-order valence-corrected chi connectivity index (χ4v) is 3.96. The molecule has 24 heavy (non-hydrogen) atoms. The molecule has 3 aromatic heterocycles. The second kappa shape index (κ2) is 5.81. The van der Waals surface area contributed by atoms with Gasteiger partial charge in [-0.2, -0.15) is 0 Å². The number of para-hydroxylation sites is 1. The monoisotopic (exact) mass is 351 g/mol. The van der Waals surface area contributed by atoms with Gasteiger partial charge < -0.3 is 0 Å². The zero-order chi connectivity index (χ0) is 16.7. The lowest BCUT2D eigenvalue weighted by Crippen LogP contribution is -2.23. The largest absolute Gasteiger partial charge is 0.276 e. The number of thiazole rings is 1. The van der Waals surface area contributed by atoms with Crippen molar-refractivity contribution >= 4 is 38.5 Å². The summed E-state index contributed by atoms with van der Waals surface area (Å²) in [4.78, 5) is 22.1. The number of thiophene rings is 1. The zero-order valence-corrected chi connectivity index (χ0v) is 14.5. The highest BCUT2D eigenvalue weighted by atomic mass is 32.1. The predicted molar refractivity (Wildman–Crippen MR) is 100 cm³/mol. The van der Waals surface area contributed by atoms with E-state index in [-0.39, 0.29) is 5.56 Å². The summed E-state index contributed by atoms with van der Waals surface area (Å²) < 4.78 is 2.30. The first-order chi connectivity index (χ1) is 11.7. The van der Waals surface area contributed by atoms with Crippen LogP contribution >= 0.6 is 22.7 Å². The van der Waals surface area contributed by atoms with Gasteiger partial charge in [0.15, 0.2) is 0 Å². The minimum atomic E-state index is -0.0734. The third-order valence-electron chi connectivity index (χ3n) is 3.85. The Morgan fingerprint density at radius 3 is 2.83 bits per heavy atom. The number of aryl methyl sites for hydroxylation is 1. The molecule has 0 bridgehead atoms. The van der Waals surface area contributed by atoms with Crippen molar-refractivity contribution in [3.63, 3.8) is 0 Å². The highest BCUT2D eigenvalue weighted by molar-refractivity contribution is 7.17. The van der Waals surface area contributed by atoms with Gasteiger partial charge in [0.2, 0.25) is 0 Å². The highest BCUT2D eigenvalue weighted by Crippen LogP contribution is 2.25. The van der Waals surface area contributed by atoms with E-state index in [1.165, 1.54) is 22.7 Å². The molecule has 0 fully saturated rings. The lowest BCUT2D eigenvalue weighted by atomic mass is 10.1. The van der Waals surface area contributed by atoms with Crippen LogP contribution in [0.25, 0.3) is 21.5 Å². The van der Waals surface area contributed by atoms with Gasteiger partial charge in [-0.1, -0.05) is 24.8 Å². The Bertz CT molecular complexity index is 1110. The topological polar surface area (TPSA) is 47.8 Å². The summed E-state index contributed by atoms with van der Waals surface area (Å²) >= 11 is 2.90. The van der Waals surface area contributed by atoms with Gasteiger partial charge in [-0.15, -0.1) is 22.7 Å². The molecule has 0 aliphatic carbocycles. The maximum Gasteiger partial charge on any atom is 0.276 e. The van der Waals surface area contributed by atoms with E-state index in [0.717, 1.165) is 16.9 Å². The summed E-state index contributed by atoms with van der Waals surface area (Å²) in [6.07, 6.45) is 0. The number of hydrogen-bond acceptors (Lipinski definition) is 5. The van der Waals surface area contributed by atoms with Crippen LogP contribution < -0.4 is 5.56 Å². The summed E-state index contributed by atoms with van der Waals surface area (Å²) in [5.74, 6) is 0.533. The molecule has 4 rings (SSSR count). The minimum absolute atomic E-state index is 0.0734. The first kappa shape index (κ1) is 15.0. The number of fused-ring (bicyclic) bond motifs is 1. The van der Waals surface area contributed by atoms with E-state index < -0.39 is 0 Å². The summed E-state index contributed by atoms with van der Waals surface area (Å²) in [7, 11) is 0. The zero-order valence-electron chi connectivity index (χ0n) is 12.9. The Balaban J connectivity index is 2.08. The van der Waals surface area contributed by atoms with Crippen molar-refractivity contribution in [2.24, 2.45) is 0 Å². The van der Waals surface area contributed by atoms with Gasteiger partial charge in [-0.25, -0.2) is 9.97 Å². The van der Waals surface area contributed by atoms with E-state index >= 15 is 0 Å². The van der Waals surface area contributed by atoms with Crippen molar-refractivity contribution in [3.8, 4) is 5.69 Å². The normalized spacial score (nSPS) is 11.0. The van der Waals surface area contributed by atoms with Gasteiger partial charge in [0, 0.05) is 11.0 Å². The summed E-state index contributed by atoms with van der Waals surface area (Å²) in [5, 5.41) is 3.80. The molecule has 0 aliphatic rings. The Morgan fingerprint density at radius 1 is 1.25 bits per heavy atom. The smallest absolute Gasteiger partial charge is 0.267 e. The molecular formula is C18H13N3OS2. The molecule has 4 nitrogen and oxygen atoms in total. The first-order valence-electron chi connectivity index (χ1n) is 7.31. The van der Waals surface area contributed by atoms with E-state index in [9.17, 15) is 4.79 Å². The highest BCUT2D eigenvalue weighted by Gasteiger charge is 2.18. The van der Waals surface area contributed by atoms with Crippen LogP contribution in [0.15, 0.2) is 58.0 Å². The predicted octanol–water partition coefficient (Wildman–Crippen LogP) is 4.27. The van der Waals surface area contributed by atoms with Crippen molar-refractivity contribution in [2.45, 2.75) is 6.92 Å². The molecule has 0 radical (unpaired) electrons. The fraction of sp³-hybridized carbons (Fsp3) is 0.0556. The molecule has 1 aromatic carbocycles. The van der Waals surface area contributed by atoms with Crippen LogP contribution in [-0.4, -0.2) is 14.5 Å². The molecule has 0 spiro atoms. The van der Waals surface area contributed by atoms with Crippen LogP contribution in [0.3, 0.4) is 0 Å². The standard InChI is InChI=1S/C18H13N3OS2/c1-11-5-3-4-6-15(11)21-17(12(2)14-9-23-10-19-14)20-13-7-8-24-16(13)18(21)22/h3-10H,2H2,1H3. The van der Waals surface area contributed by atoms with Crippen LogP contribution in [0.5, 0.6) is 0 Å². The Labute approximate surface area is 146 Å². The van der Waals surface area contributed by atoms with Gasteiger partial charge in [0.25, 0.3) is 5.56 Å². The second-order valence-electron chi connectivity index (χ2n) is 5.35. The van der Waals surface area contributed by atoms with Gasteiger partial charge >= 0.3 is 0 Å². The van der Waals surface area contributed by atoms with Crippen molar-refractivity contribution in [2.75, 3.05) is 0 Å². The summed E-state index contributed by atoms with van der Waals surface area (Å²) in [5.41, 5.74) is 5.58. The van der Waals surface area contributed by atoms with Gasteiger partial charge in [0.1, 0.15) is 10.5 Å². The lowest BCUT2D eigenvalue weighted by molar-refractivity contribution is 0.928. The van der Waals surface area contributed by atoms with Crippen molar-refractivity contribution in [1.29, 1.82) is 0 Å². The van der Waals surface area contributed by atoms with Crippen LogP contribution in [0.1, 0.15) is 17.1 Å². The molecule has 0 saturated carbocycles. The van der Waals surface area contributed by atoms with Gasteiger partial charge in [0.05, 0.1) is 22.4 Å². The molecule has 6 heteroatoms. The first-order valence-corrected chi connectivity index (χ1v) is 9.13. The quantitative estimate of drug-likeness (QED) is 0.554. The SMILES string of the molecule is C=C(c1cscn1)c1nc2ccsc2c(=O)n1-c1ccccc1C. The van der Waals surface area contributed by atoms with E-state index in [1.807, 2.05) is 48.0 Å². The summed E-state index contributed by atoms with van der Waals surface area (Å²) in [6.45, 7) is 6.12. The second-order valence-corrected chi connectivity index (χ2v) is 6.98. The molecule has 0 amide bonds.